The second-order valence-corrected chi connectivity index (χ2v) is 6.21. The Bertz CT molecular complexity index is 458. The van der Waals surface area contributed by atoms with Gasteiger partial charge in [0.15, 0.2) is 0 Å². The van der Waals surface area contributed by atoms with E-state index in [1.54, 1.807) is 0 Å². The highest BCUT2D eigenvalue weighted by atomic mass is 16.5. The molecule has 2 atom stereocenters. The maximum atomic E-state index is 5.84. The molecule has 3 heteroatoms. The van der Waals surface area contributed by atoms with Crippen LogP contribution in [0.1, 0.15) is 31.7 Å². The van der Waals surface area contributed by atoms with Crippen LogP contribution in [0.5, 0.6) is 5.75 Å². The summed E-state index contributed by atoms with van der Waals surface area (Å²) in [5.41, 5.74) is 2.77. The number of hydrogen-bond donors (Lipinski definition) is 1. The van der Waals surface area contributed by atoms with E-state index >= 15 is 0 Å². The zero-order valence-corrected chi connectivity index (χ0v) is 12.1. The minimum Gasteiger partial charge on any atom is -0.491 e. The Morgan fingerprint density at radius 1 is 1.37 bits per heavy atom. The van der Waals surface area contributed by atoms with Gasteiger partial charge in [0.1, 0.15) is 5.75 Å². The topological polar surface area (TPSA) is 24.5 Å². The number of nitrogens with zero attached hydrogens (tertiary/aromatic N) is 1. The van der Waals surface area contributed by atoms with E-state index in [1.807, 2.05) is 0 Å². The Hall–Kier alpha value is -1.22. The van der Waals surface area contributed by atoms with Crippen molar-refractivity contribution in [2.75, 3.05) is 32.0 Å². The predicted octanol–water partition coefficient (Wildman–Crippen LogP) is 2.93. The van der Waals surface area contributed by atoms with Crippen molar-refractivity contribution in [2.45, 2.75) is 32.3 Å². The molecule has 3 nitrogen and oxygen atoms in total. The quantitative estimate of drug-likeness (QED) is 0.885. The summed E-state index contributed by atoms with van der Waals surface area (Å²) in [5, 5.41) is 3.58. The van der Waals surface area contributed by atoms with E-state index in [0.717, 1.165) is 18.2 Å². The molecular formula is C16H24N2O. The van der Waals surface area contributed by atoms with E-state index in [2.05, 4.69) is 49.3 Å². The number of ether oxygens (including phenoxy) is 1. The highest BCUT2D eigenvalue weighted by Gasteiger charge is 2.33. The largest absolute Gasteiger partial charge is 0.491 e. The molecule has 2 aliphatic rings. The first-order valence-electron chi connectivity index (χ1n) is 7.36. The fourth-order valence-corrected chi connectivity index (χ4v) is 3.43. The third kappa shape index (κ3) is 2.57. The summed E-state index contributed by atoms with van der Waals surface area (Å²) in [6, 6.07) is 6.52. The van der Waals surface area contributed by atoms with Gasteiger partial charge in [-0.05, 0) is 69.5 Å². The van der Waals surface area contributed by atoms with Crippen LogP contribution in [0.4, 0.5) is 5.69 Å². The normalized spacial score (nSPS) is 26.5. The van der Waals surface area contributed by atoms with E-state index in [4.69, 9.17) is 4.74 Å². The van der Waals surface area contributed by atoms with Gasteiger partial charge in [-0.15, -0.1) is 0 Å². The van der Waals surface area contributed by atoms with E-state index in [0.29, 0.717) is 5.92 Å². The average Bonchev–Trinajstić information content (AvgIpc) is 2.37. The average molecular weight is 260 g/mol. The highest BCUT2D eigenvalue weighted by Crippen LogP contribution is 2.41. The number of fused-ring (bicyclic) bond motifs is 3. The SMILES string of the molecule is CC(C)Oc1ccc2c(c1)C1CCN(C)CC1CN2. The Balaban J connectivity index is 1.88. The minimum absolute atomic E-state index is 0.239. The molecule has 0 saturated carbocycles. The summed E-state index contributed by atoms with van der Waals surface area (Å²) in [7, 11) is 2.23. The number of piperidine rings is 1. The lowest BCUT2D eigenvalue weighted by molar-refractivity contribution is 0.187. The second-order valence-electron chi connectivity index (χ2n) is 6.21. The van der Waals surface area contributed by atoms with E-state index in [-0.39, 0.29) is 6.10 Å². The van der Waals surface area contributed by atoms with Crippen LogP contribution in [0, 0.1) is 5.92 Å². The van der Waals surface area contributed by atoms with Gasteiger partial charge >= 0.3 is 0 Å². The first kappa shape index (κ1) is 12.8. The third-order valence-electron chi connectivity index (χ3n) is 4.29. The lowest BCUT2D eigenvalue weighted by Gasteiger charge is -2.41. The maximum absolute atomic E-state index is 5.84. The molecule has 0 aromatic heterocycles. The molecule has 0 bridgehead atoms. The molecule has 2 aliphatic heterocycles. The molecule has 2 unspecified atom stereocenters. The number of nitrogens with one attached hydrogen (secondary N) is 1. The smallest absolute Gasteiger partial charge is 0.120 e. The Morgan fingerprint density at radius 3 is 3.00 bits per heavy atom. The third-order valence-corrected chi connectivity index (χ3v) is 4.29. The van der Waals surface area contributed by atoms with Crippen LogP contribution in [0.15, 0.2) is 18.2 Å². The first-order valence-corrected chi connectivity index (χ1v) is 7.36. The van der Waals surface area contributed by atoms with Crippen LogP contribution in [-0.4, -0.2) is 37.7 Å². The van der Waals surface area contributed by atoms with Crippen molar-refractivity contribution in [3.05, 3.63) is 23.8 Å². The number of benzene rings is 1. The molecule has 3 rings (SSSR count). The zero-order chi connectivity index (χ0) is 13.4. The van der Waals surface area contributed by atoms with Crippen molar-refractivity contribution < 1.29 is 4.74 Å². The summed E-state index contributed by atoms with van der Waals surface area (Å²) in [5.74, 6) is 2.44. The minimum atomic E-state index is 0.239. The van der Waals surface area contributed by atoms with Crippen molar-refractivity contribution in [3.8, 4) is 5.75 Å². The monoisotopic (exact) mass is 260 g/mol. The van der Waals surface area contributed by atoms with Gasteiger partial charge in [0.2, 0.25) is 0 Å². The van der Waals surface area contributed by atoms with Crippen LogP contribution in [0.3, 0.4) is 0 Å². The van der Waals surface area contributed by atoms with Crippen molar-refractivity contribution >= 4 is 5.69 Å². The van der Waals surface area contributed by atoms with E-state index < -0.39 is 0 Å². The number of hydrogen-bond acceptors (Lipinski definition) is 3. The summed E-state index contributed by atoms with van der Waals surface area (Å²) < 4.78 is 5.84. The predicted molar refractivity (Wildman–Crippen MR) is 79.0 cm³/mol. The van der Waals surface area contributed by atoms with Crippen LogP contribution < -0.4 is 10.1 Å². The van der Waals surface area contributed by atoms with Gasteiger partial charge in [-0.2, -0.15) is 0 Å². The van der Waals surface area contributed by atoms with E-state index in [1.165, 1.54) is 30.8 Å². The molecule has 104 valence electrons. The van der Waals surface area contributed by atoms with Gasteiger partial charge in [0.25, 0.3) is 0 Å². The summed E-state index contributed by atoms with van der Waals surface area (Å²) in [6.45, 7) is 7.67. The fourth-order valence-electron chi connectivity index (χ4n) is 3.43. The van der Waals surface area contributed by atoms with Gasteiger partial charge in [0, 0.05) is 18.8 Å². The van der Waals surface area contributed by atoms with Gasteiger partial charge in [-0.25, -0.2) is 0 Å². The van der Waals surface area contributed by atoms with Crippen LogP contribution in [0.2, 0.25) is 0 Å². The molecule has 2 heterocycles. The van der Waals surface area contributed by atoms with Gasteiger partial charge in [0.05, 0.1) is 6.10 Å². The van der Waals surface area contributed by atoms with Crippen LogP contribution >= 0.6 is 0 Å². The molecule has 0 aliphatic carbocycles. The number of rotatable bonds is 2. The number of anilines is 1. The molecule has 1 aromatic carbocycles. The van der Waals surface area contributed by atoms with Gasteiger partial charge in [-0.3, -0.25) is 0 Å². The molecular weight excluding hydrogens is 236 g/mol. The lowest BCUT2D eigenvalue weighted by Crippen LogP contribution is -2.42. The van der Waals surface area contributed by atoms with E-state index in [9.17, 15) is 0 Å². The van der Waals surface area contributed by atoms with Crippen molar-refractivity contribution in [1.82, 2.24) is 4.90 Å². The zero-order valence-electron chi connectivity index (χ0n) is 12.1. The highest BCUT2D eigenvalue weighted by molar-refractivity contribution is 5.58. The van der Waals surface area contributed by atoms with Crippen molar-refractivity contribution in [3.63, 3.8) is 0 Å². The molecule has 0 amide bonds. The van der Waals surface area contributed by atoms with Crippen LogP contribution in [0.25, 0.3) is 0 Å². The molecule has 1 saturated heterocycles. The maximum Gasteiger partial charge on any atom is 0.120 e. The second kappa shape index (κ2) is 5.04. The number of likely N-dealkylation sites (tertiary alicyclic amines) is 1. The molecule has 0 spiro atoms. The summed E-state index contributed by atoms with van der Waals surface area (Å²) >= 11 is 0. The lowest BCUT2D eigenvalue weighted by atomic mass is 9.77. The fraction of sp³-hybridized carbons (Fsp3) is 0.625. The Kier molecular flexibility index (Phi) is 3.40. The van der Waals surface area contributed by atoms with Crippen molar-refractivity contribution in [1.29, 1.82) is 0 Å². The molecule has 0 radical (unpaired) electrons. The standard InChI is InChI=1S/C16H24N2O/c1-11(2)19-13-4-5-16-15(8-13)14-6-7-18(3)10-12(14)9-17-16/h4-5,8,11-12,14,17H,6-7,9-10H2,1-3H3. The first-order chi connectivity index (χ1) is 9.13. The molecule has 1 fully saturated rings. The summed E-state index contributed by atoms with van der Waals surface area (Å²) in [4.78, 5) is 2.45. The molecule has 19 heavy (non-hydrogen) atoms. The summed E-state index contributed by atoms with van der Waals surface area (Å²) in [6.07, 6.45) is 1.50. The molecule has 1 aromatic rings. The van der Waals surface area contributed by atoms with Gasteiger partial charge in [-0.1, -0.05) is 0 Å². The van der Waals surface area contributed by atoms with Crippen LogP contribution in [-0.2, 0) is 0 Å². The molecule has 1 N–H and O–H groups in total. The Morgan fingerprint density at radius 2 is 2.21 bits per heavy atom. The van der Waals surface area contributed by atoms with Crippen molar-refractivity contribution in [2.24, 2.45) is 5.92 Å². The Labute approximate surface area is 115 Å². The van der Waals surface area contributed by atoms with Gasteiger partial charge < -0.3 is 15.0 Å².